The van der Waals surface area contributed by atoms with Gasteiger partial charge in [0.15, 0.2) is 5.17 Å². The van der Waals surface area contributed by atoms with Gasteiger partial charge in [0.05, 0.1) is 29.7 Å². The average molecular weight is 424 g/mol. The topological polar surface area (TPSA) is 132 Å². The molecule has 0 aliphatic carbocycles. The number of aliphatic imine (C=N–C) groups is 1. The van der Waals surface area contributed by atoms with Gasteiger partial charge in [0.1, 0.15) is 0 Å². The number of aromatic nitrogens is 1. The first kappa shape index (κ1) is 21.4. The lowest BCUT2D eigenvalue weighted by atomic mass is 9.98. The molecule has 0 saturated carbocycles. The van der Waals surface area contributed by atoms with Crippen molar-refractivity contribution in [3.05, 3.63) is 69.9 Å². The molecule has 154 valence electrons. The van der Waals surface area contributed by atoms with Crippen molar-refractivity contribution in [2.75, 3.05) is 5.75 Å². The molecular weight excluding hydrogens is 402 g/mol. The summed E-state index contributed by atoms with van der Waals surface area (Å²) in [7, 11) is 0. The van der Waals surface area contributed by atoms with Gasteiger partial charge in [-0.15, -0.1) is 0 Å². The molecule has 1 aromatic carbocycles. The van der Waals surface area contributed by atoms with Crippen LogP contribution in [0.4, 0.5) is 5.69 Å². The van der Waals surface area contributed by atoms with Crippen molar-refractivity contribution < 1.29 is 9.59 Å². The van der Waals surface area contributed by atoms with Crippen LogP contribution in [-0.4, -0.2) is 27.7 Å². The molecule has 9 nitrogen and oxygen atoms in total. The van der Waals surface area contributed by atoms with Gasteiger partial charge in [-0.25, -0.2) is 4.99 Å². The van der Waals surface area contributed by atoms with E-state index in [4.69, 9.17) is 5.53 Å². The zero-order valence-corrected chi connectivity index (χ0v) is 17.4. The third-order valence-corrected chi connectivity index (χ3v) is 5.23. The second-order valence-electron chi connectivity index (χ2n) is 6.98. The van der Waals surface area contributed by atoms with Crippen molar-refractivity contribution in [1.29, 1.82) is 0 Å². The minimum absolute atomic E-state index is 0.0809. The maximum atomic E-state index is 12.9. The van der Waals surface area contributed by atoms with Crippen LogP contribution in [0.25, 0.3) is 10.4 Å². The van der Waals surface area contributed by atoms with Crippen LogP contribution in [0.2, 0.25) is 0 Å². The highest BCUT2D eigenvalue weighted by Crippen LogP contribution is 2.23. The summed E-state index contributed by atoms with van der Waals surface area (Å²) in [5.74, 6) is 0.106. The van der Waals surface area contributed by atoms with Gasteiger partial charge in [-0.3, -0.25) is 14.6 Å². The van der Waals surface area contributed by atoms with Crippen LogP contribution in [0.5, 0.6) is 0 Å². The van der Waals surface area contributed by atoms with E-state index in [0.29, 0.717) is 27.9 Å². The lowest BCUT2D eigenvalue weighted by Crippen LogP contribution is -2.32. The quantitative estimate of drug-likeness (QED) is 0.397. The Kier molecular flexibility index (Phi) is 7.05. The Balaban J connectivity index is 1.78. The van der Waals surface area contributed by atoms with Gasteiger partial charge in [0.25, 0.3) is 5.91 Å². The molecule has 1 fully saturated rings. The van der Waals surface area contributed by atoms with E-state index in [1.54, 1.807) is 36.5 Å². The fraction of sp³-hybridized carbons (Fsp3) is 0.300. The highest BCUT2D eigenvalue weighted by molar-refractivity contribution is 8.15. The van der Waals surface area contributed by atoms with Crippen LogP contribution in [-0.2, 0) is 11.3 Å². The monoisotopic (exact) mass is 423 g/mol. The molecule has 0 unspecified atom stereocenters. The minimum Gasteiger partial charge on any atom is -0.343 e. The Morgan fingerprint density at radius 2 is 2.20 bits per heavy atom. The van der Waals surface area contributed by atoms with Crippen molar-refractivity contribution in [3.63, 3.8) is 0 Å². The van der Waals surface area contributed by atoms with E-state index in [2.05, 4.69) is 30.6 Å². The molecule has 1 aliphatic heterocycles. The molecular formula is C20H21N7O2S. The van der Waals surface area contributed by atoms with Crippen molar-refractivity contribution >= 4 is 34.4 Å². The smallest absolute Gasteiger partial charge is 0.251 e. The molecule has 1 atom stereocenters. The number of hydrogen-bond donors (Lipinski definition) is 2. The normalized spacial score (nSPS) is 15.6. The Hall–Kier alpha value is -3.36. The van der Waals surface area contributed by atoms with E-state index in [1.807, 2.05) is 19.9 Å². The van der Waals surface area contributed by atoms with Crippen LogP contribution in [0.3, 0.4) is 0 Å². The molecule has 30 heavy (non-hydrogen) atoms. The summed E-state index contributed by atoms with van der Waals surface area (Å²) >= 11 is 1.33. The third-order valence-electron chi connectivity index (χ3n) is 4.36. The predicted octanol–water partition coefficient (Wildman–Crippen LogP) is 3.87. The van der Waals surface area contributed by atoms with Gasteiger partial charge in [0, 0.05) is 16.7 Å². The Bertz CT molecular complexity index is 1030. The maximum Gasteiger partial charge on any atom is 0.251 e. The number of benzene rings is 1. The number of amidine groups is 1. The van der Waals surface area contributed by atoms with Crippen molar-refractivity contribution in [3.8, 4) is 0 Å². The summed E-state index contributed by atoms with van der Waals surface area (Å²) < 4.78 is 0. The van der Waals surface area contributed by atoms with Crippen molar-refractivity contribution in [2.45, 2.75) is 26.4 Å². The van der Waals surface area contributed by atoms with Crippen LogP contribution in [0, 0.1) is 5.92 Å². The zero-order valence-electron chi connectivity index (χ0n) is 16.6. The molecule has 1 aliphatic rings. The van der Waals surface area contributed by atoms with E-state index in [-0.39, 0.29) is 30.3 Å². The predicted molar refractivity (Wildman–Crippen MR) is 116 cm³/mol. The zero-order chi connectivity index (χ0) is 21.5. The van der Waals surface area contributed by atoms with Crippen LogP contribution in [0.15, 0.2) is 52.7 Å². The van der Waals surface area contributed by atoms with Gasteiger partial charge >= 0.3 is 0 Å². The van der Waals surface area contributed by atoms with Crippen molar-refractivity contribution in [1.82, 2.24) is 15.6 Å². The van der Waals surface area contributed by atoms with Gasteiger partial charge in [-0.2, -0.15) is 0 Å². The Labute approximate surface area is 178 Å². The van der Waals surface area contributed by atoms with E-state index in [9.17, 15) is 9.59 Å². The van der Waals surface area contributed by atoms with Crippen molar-refractivity contribution in [2.24, 2.45) is 16.0 Å². The average Bonchev–Trinajstić information content (AvgIpc) is 3.15. The number of azide groups is 1. The molecule has 1 saturated heterocycles. The maximum absolute atomic E-state index is 12.9. The number of rotatable bonds is 7. The Morgan fingerprint density at radius 3 is 2.90 bits per heavy atom. The number of amides is 2. The number of nitrogens with one attached hydrogen (secondary N) is 2. The van der Waals surface area contributed by atoms with Crippen LogP contribution in [0.1, 0.15) is 41.5 Å². The summed E-state index contributed by atoms with van der Waals surface area (Å²) in [5, 5.41) is 9.81. The molecule has 2 N–H and O–H groups in total. The standard InChI is InChI=1S/C20H21N7O2S/c1-12(2)18(16-8-13(6-7-22-16)10-23-27-21)26-19(29)14-4-3-5-15(9-14)24-20-25-17(28)11-30-20/h3-9,12,18H,10-11H2,1-2H3,(H,26,29)(H,24,25,28)/t18-/m1/s1. The van der Waals surface area contributed by atoms with E-state index in [1.165, 1.54) is 11.8 Å². The fourth-order valence-corrected chi connectivity index (χ4v) is 3.60. The molecule has 10 heteroatoms. The number of carbonyl (C=O) groups is 2. The highest BCUT2D eigenvalue weighted by atomic mass is 32.2. The molecule has 0 bridgehead atoms. The first-order chi connectivity index (χ1) is 14.5. The van der Waals surface area contributed by atoms with E-state index in [0.717, 1.165) is 5.56 Å². The van der Waals surface area contributed by atoms with Crippen LogP contribution < -0.4 is 10.6 Å². The molecule has 1 aromatic heterocycles. The van der Waals surface area contributed by atoms with Crippen LogP contribution >= 0.6 is 11.8 Å². The molecule has 0 radical (unpaired) electrons. The first-order valence-electron chi connectivity index (χ1n) is 9.34. The summed E-state index contributed by atoms with van der Waals surface area (Å²) in [6, 6.07) is 10.2. The number of nitrogens with zero attached hydrogens (tertiary/aromatic N) is 5. The lowest BCUT2D eigenvalue weighted by molar-refractivity contribution is -0.116. The van der Waals surface area contributed by atoms with E-state index < -0.39 is 0 Å². The number of carbonyl (C=O) groups excluding carboxylic acids is 2. The van der Waals surface area contributed by atoms with Gasteiger partial charge in [-0.1, -0.05) is 36.8 Å². The second kappa shape index (κ2) is 9.91. The largest absolute Gasteiger partial charge is 0.343 e. The summed E-state index contributed by atoms with van der Waals surface area (Å²) in [6.07, 6.45) is 1.64. The first-order valence-corrected chi connectivity index (χ1v) is 10.3. The summed E-state index contributed by atoms with van der Waals surface area (Å²) in [4.78, 5) is 35.8. The van der Waals surface area contributed by atoms with Gasteiger partial charge in [0.2, 0.25) is 5.91 Å². The fourth-order valence-electron chi connectivity index (χ4n) is 2.90. The molecule has 2 heterocycles. The number of pyridine rings is 1. The summed E-state index contributed by atoms with van der Waals surface area (Å²) in [6.45, 7) is 4.21. The van der Waals surface area contributed by atoms with Gasteiger partial charge in [-0.05, 0) is 47.3 Å². The SMILES string of the molecule is CC(C)[C@@H](NC(=O)c1cccc(N=C2NC(=O)CS2)c1)c1cc(CN=[N+]=[N-])ccn1. The molecule has 2 aromatic rings. The molecule has 3 rings (SSSR count). The lowest BCUT2D eigenvalue weighted by Gasteiger charge is -2.22. The number of hydrogen-bond acceptors (Lipinski definition) is 6. The van der Waals surface area contributed by atoms with Gasteiger partial charge < -0.3 is 10.6 Å². The summed E-state index contributed by atoms with van der Waals surface area (Å²) in [5.41, 5.74) is 11.1. The van der Waals surface area contributed by atoms with E-state index >= 15 is 0 Å². The second-order valence-corrected chi connectivity index (χ2v) is 7.94. The third kappa shape index (κ3) is 5.59. The number of thioether (sulfide) groups is 1. The molecule has 0 spiro atoms. The Morgan fingerprint density at radius 1 is 1.37 bits per heavy atom. The minimum atomic E-state index is -0.317. The molecule has 2 amide bonds. The highest BCUT2D eigenvalue weighted by Gasteiger charge is 2.21.